The highest BCUT2D eigenvalue weighted by Crippen LogP contribution is 2.24. The minimum absolute atomic E-state index is 0.223. The topological polar surface area (TPSA) is 121 Å². The number of aromatic nitrogens is 3. The summed E-state index contributed by atoms with van der Waals surface area (Å²) >= 11 is 0. The van der Waals surface area contributed by atoms with Gasteiger partial charge in [-0.05, 0) is 18.1 Å². The summed E-state index contributed by atoms with van der Waals surface area (Å²) in [4.78, 5) is 15.9. The molecule has 2 heterocycles. The van der Waals surface area contributed by atoms with Gasteiger partial charge in [-0.2, -0.15) is 4.98 Å². The number of carbonyl (C=O) groups excluding carboxylic acids is 1. The third-order valence-corrected chi connectivity index (χ3v) is 2.72. The smallest absolute Gasteiger partial charge is 0.319 e. The molecule has 0 aliphatic rings. The van der Waals surface area contributed by atoms with Crippen LogP contribution in [0.1, 0.15) is 5.69 Å². The molecule has 2 N–H and O–H groups in total. The van der Waals surface area contributed by atoms with Crippen LogP contribution in [0.15, 0.2) is 16.8 Å². The predicted molar refractivity (Wildman–Crippen MR) is 78.9 cm³/mol. The first-order valence-corrected chi connectivity index (χ1v) is 6.70. The van der Waals surface area contributed by atoms with Crippen LogP contribution in [0, 0.1) is 6.92 Å². The summed E-state index contributed by atoms with van der Waals surface area (Å²) in [5.41, 5.74) is 0.965. The Kier molecular flexibility index (Phi) is 5.56. The molecular weight excluding hydrogens is 306 g/mol. The van der Waals surface area contributed by atoms with Crippen molar-refractivity contribution in [2.45, 2.75) is 6.92 Å². The average molecular weight is 323 g/mol. The number of hydrogen-bond acceptors (Lipinski definition) is 8. The van der Waals surface area contributed by atoms with E-state index in [-0.39, 0.29) is 19.0 Å². The van der Waals surface area contributed by atoms with Gasteiger partial charge in [0.2, 0.25) is 11.8 Å². The van der Waals surface area contributed by atoms with Gasteiger partial charge in [0.05, 0.1) is 20.8 Å². The van der Waals surface area contributed by atoms with E-state index in [1.165, 1.54) is 14.2 Å². The second kappa shape index (κ2) is 7.82. The fourth-order valence-electron chi connectivity index (χ4n) is 1.62. The molecule has 124 valence electrons. The van der Waals surface area contributed by atoms with Crippen molar-refractivity contribution in [3.05, 3.63) is 17.8 Å². The lowest BCUT2D eigenvalue weighted by atomic mass is 10.4. The molecule has 2 aromatic rings. The van der Waals surface area contributed by atoms with Crippen molar-refractivity contribution < 1.29 is 23.6 Å². The van der Waals surface area contributed by atoms with Crippen LogP contribution in [0.4, 0.5) is 10.5 Å². The van der Waals surface area contributed by atoms with E-state index >= 15 is 0 Å². The summed E-state index contributed by atoms with van der Waals surface area (Å²) in [5, 5.41) is 12.4. The summed E-state index contributed by atoms with van der Waals surface area (Å²) < 4.78 is 19.9. The lowest BCUT2D eigenvalue weighted by molar-refractivity contribution is 0.240. The van der Waals surface area contributed by atoms with Gasteiger partial charge in [-0.3, -0.25) is 0 Å². The SMILES string of the molecule is COc1ccc(NC(=O)NCCOc2nonc2C)c(OC)n1. The van der Waals surface area contributed by atoms with E-state index in [0.29, 0.717) is 23.1 Å². The maximum atomic E-state index is 11.8. The normalized spacial score (nSPS) is 10.0. The Labute approximate surface area is 132 Å². The molecule has 0 bridgehead atoms. The monoisotopic (exact) mass is 323 g/mol. The van der Waals surface area contributed by atoms with Crippen LogP contribution in [0.2, 0.25) is 0 Å². The van der Waals surface area contributed by atoms with Gasteiger partial charge in [0.1, 0.15) is 18.0 Å². The third-order valence-electron chi connectivity index (χ3n) is 2.72. The van der Waals surface area contributed by atoms with Crippen LogP contribution in [0.25, 0.3) is 0 Å². The average Bonchev–Trinajstić information content (AvgIpc) is 2.97. The van der Waals surface area contributed by atoms with Crippen LogP contribution in [0.5, 0.6) is 17.6 Å². The maximum absolute atomic E-state index is 11.8. The Morgan fingerprint density at radius 3 is 2.70 bits per heavy atom. The molecule has 0 unspecified atom stereocenters. The number of anilines is 1. The highest BCUT2D eigenvalue weighted by atomic mass is 16.6. The molecular formula is C13H17N5O5. The maximum Gasteiger partial charge on any atom is 0.319 e. The first-order valence-electron chi connectivity index (χ1n) is 6.70. The molecule has 0 saturated carbocycles. The number of methoxy groups -OCH3 is 2. The molecule has 2 rings (SSSR count). The second-order valence-electron chi connectivity index (χ2n) is 4.29. The van der Waals surface area contributed by atoms with Crippen LogP contribution in [-0.2, 0) is 0 Å². The summed E-state index contributed by atoms with van der Waals surface area (Å²) in [5.74, 6) is 0.936. The number of urea groups is 1. The van der Waals surface area contributed by atoms with Crippen LogP contribution < -0.4 is 24.8 Å². The Bertz CT molecular complexity index is 660. The number of hydrogen-bond donors (Lipinski definition) is 2. The zero-order valence-electron chi connectivity index (χ0n) is 13.0. The van der Waals surface area contributed by atoms with E-state index in [9.17, 15) is 4.79 Å². The minimum Gasteiger partial charge on any atom is -0.481 e. The third kappa shape index (κ3) is 4.46. The van der Waals surface area contributed by atoms with E-state index in [0.717, 1.165) is 0 Å². The first-order chi connectivity index (χ1) is 11.1. The predicted octanol–water partition coefficient (Wildman–Crippen LogP) is 0.991. The number of ether oxygens (including phenoxy) is 3. The molecule has 10 heteroatoms. The molecule has 0 saturated heterocycles. The number of nitrogens with one attached hydrogen (secondary N) is 2. The Hall–Kier alpha value is -3.04. The van der Waals surface area contributed by atoms with Crippen molar-refractivity contribution in [1.29, 1.82) is 0 Å². The zero-order valence-corrected chi connectivity index (χ0v) is 13.0. The number of amides is 2. The van der Waals surface area contributed by atoms with Crippen molar-refractivity contribution in [1.82, 2.24) is 20.6 Å². The van der Waals surface area contributed by atoms with Gasteiger partial charge in [-0.25, -0.2) is 9.42 Å². The Morgan fingerprint density at radius 2 is 2.04 bits per heavy atom. The number of rotatable bonds is 7. The van der Waals surface area contributed by atoms with Crippen LogP contribution in [0.3, 0.4) is 0 Å². The fourth-order valence-corrected chi connectivity index (χ4v) is 1.62. The zero-order chi connectivity index (χ0) is 16.7. The van der Waals surface area contributed by atoms with Crippen molar-refractivity contribution in [2.75, 3.05) is 32.7 Å². The number of carbonyl (C=O) groups is 1. The van der Waals surface area contributed by atoms with Crippen molar-refractivity contribution in [3.8, 4) is 17.6 Å². The number of nitrogens with zero attached hydrogens (tertiary/aromatic N) is 3. The van der Waals surface area contributed by atoms with Crippen molar-refractivity contribution >= 4 is 11.7 Å². The molecule has 0 fully saturated rings. The molecule has 0 radical (unpaired) electrons. The van der Waals surface area contributed by atoms with E-state index in [2.05, 4.69) is 30.6 Å². The molecule has 0 atom stereocenters. The second-order valence-corrected chi connectivity index (χ2v) is 4.29. The standard InChI is InChI=1S/C13H17N5O5/c1-8-11(18-23-17-8)22-7-6-14-13(19)15-9-4-5-10(20-2)16-12(9)21-3/h4-5H,6-7H2,1-3H3,(H2,14,15,19). The first kappa shape index (κ1) is 16.3. The van der Waals surface area contributed by atoms with Gasteiger partial charge < -0.3 is 24.8 Å². The Morgan fingerprint density at radius 1 is 1.22 bits per heavy atom. The number of aryl methyl sites for hydroxylation is 1. The van der Waals surface area contributed by atoms with E-state index in [1.54, 1.807) is 19.1 Å². The van der Waals surface area contributed by atoms with E-state index in [1.807, 2.05) is 0 Å². The largest absolute Gasteiger partial charge is 0.481 e. The van der Waals surface area contributed by atoms with Gasteiger partial charge in [0.25, 0.3) is 5.88 Å². The van der Waals surface area contributed by atoms with Gasteiger partial charge >= 0.3 is 6.03 Å². The van der Waals surface area contributed by atoms with E-state index < -0.39 is 6.03 Å². The molecule has 0 aromatic carbocycles. The molecule has 2 amide bonds. The molecule has 0 aliphatic carbocycles. The van der Waals surface area contributed by atoms with E-state index in [4.69, 9.17) is 14.2 Å². The highest BCUT2D eigenvalue weighted by Gasteiger charge is 2.10. The van der Waals surface area contributed by atoms with Gasteiger partial charge in [0.15, 0.2) is 0 Å². The lowest BCUT2D eigenvalue weighted by Crippen LogP contribution is -2.32. The van der Waals surface area contributed by atoms with Gasteiger partial charge in [0, 0.05) is 6.07 Å². The van der Waals surface area contributed by atoms with Crippen LogP contribution >= 0.6 is 0 Å². The Balaban J connectivity index is 1.79. The fraction of sp³-hybridized carbons (Fsp3) is 0.385. The van der Waals surface area contributed by atoms with Crippen LogP contribution in [-0.4, -0.2) is 48.7 Å². The molecule has 0 spiro atoms. The van der Waals surface area contributed by atoms with Crippen molar-refractivity contribution in [2.24, 2.45) is 0 Å². The van der Waals surface area contributed by atoms with Gasteiger partial charge in [-0.15, -0.1) is 0 Å². The quantitative estimate of drug-likeness (QED) is 0.724. The number of pyridine rings is 1. The molecule has 0 aliphatic heterocycles. The molecule has 2 aromatic heterocycles. The summed E-state index contributed by atoms with van der Waals surface area (Å²) in [6, 6.07) is 2.82. The molecule has 10 nitrogen and oxygen atoms in total. The highest BCUT2D eigenvalue weighted by molar-refractivity contribution is 5.90. The summed E-state index contributed by atoms with van der Waals surface area (Å²) in [6.07, 6.45) is 0. The summed E-state index contributed by atoms with van der Waals surface area (Å²) in [6.45, 7) is 2.19. The van der Waals surface area contributed by atoms with Crippen molar-refractivity contribution in [3.63, 3.8) is 0 Å². The van der Waals surface area contributed by atoms with Gasteiger partial charge in [-0.1, -0.05) is 5.16 Å². The lowest BCUT2D eigenvalue weighted by Gasteiger charge is -2.11. The molecule has 23 heavy (non-hydrogen) atoms. The summed E-state index contributed by atoms with van der Waals surface area (Å²) in [7, 11) is 2.95. The minimum atomic E-state index is -0.422.